The Morgan fingerprint density at radius 2 is 2.21 bits per heavy atom. The molecule has 2 nitrogen and oxygen atoms in total. The molecule has 1 aliphatic carbocycles. The molecule has 74 valence electrons. The third-order valence-electron chi connectivity index (χ3n) is 3.28. The standard InChI is InChI=1S/C12H14O2/c1-8-4-3-5-9-6-7-12(2,10(8)9)11(13)14/h3-5H,6-7H2,1-2H3,(H,13,14). The molecule has 0 radical (unpaired) electrons. The second-order valence-corrected chi connectivity index (χ2v) is 4.25. The Balaban J connectivity index is 2.64. The number of aryl methyl sites for hydroxylation is 2. The van der Waals surface area contributed by atoms with Gasteiger partial charge in [0.2, 0.25) is 0 Å². The highest BCUT2D eigenvalue weighted by Gasteiger charge is 2.41. The Morgan fingerprint density at radius 1 is 1.50 bits per heavy atom. The van der Waals surface area contributed by atoms with Gasteiger partial charge in [-0.05, 0) is 43.4 Å². The molecule has 1 N–H and O–H groups in total. The van der Waals surface area contributed by atoms with E-state index in [1.807, 2.05) is 32.0 Å². The largest absolute Gasteiger partial charge is 0.481 e. The van der Waals surface area contributed by atoms with E-state index < -0.39 is 11.4 Å². The maximum atomic E-state index is 11.2. The average Bonchev–Trinajstić information content (AvgIpc) is 2.47. The summed E-state index contributed by atoms with van der Waals surface area (Å²) in [5, 5.41) is 9.24. The van der Waals surface area contributed by atoms with Gasteiger partial charge in [0.1, 0.15) is 0 Å². The molecule has 1 atom stereocenters. The third kappa shape index (κ3) is 1.07. The number of hydrogen-bond acceptors (Lipinski definition) is 1. The Labute approximate surface area is 83.6 Å². The van der Waals surface area contributed by atoms with Gasteiger partial charge in [0.15, 0.2) is 0 Å². The smallest absolute Gasteiger partial charge is 0.313 e. The zero-order chi connectivity index (χ0) is 10.3. The van der Waals surface area contributed by atoms with Crippen molar-refractivity contribution in [2.45, 2.75) is 32.1 Å². The number of carboxylic acids is 1. The topological polar surface area (TPSA) is 37.3 Å². The van der Waals surface area contributed by atoms with Gasteiger partial charge in [-0.15, -0.1) is 0 Å². The van der Waals surface area contributed by atoms with Crippen molar-refractivity contribution in [1.29, 1.82) is 0 Å². The Bertz CT molecular complexity index is 395. The van der Waals surface area contributed by atoms with Gasteiger partial charge < -0.3 is 5.11 Å². The number of carboxylic acid groups (broad SMARTS) is 1. The SMILES string of the molecule is Cc1cccc2c1C(C)(C(=O)O)CC2. The van der Waals surface area contributed by atoms with Crippen LogP contribution < -0.4 is 0 Å². The summed E-state index contributed by atoms with van der Waals surface area (Å²) in [5.74, 6) is -0.703. The number of benzene rings is 1. The van der Waals surface area contributed by atoms with Crippen LogP contribution in [0.2, 0.25) is 0 Å². The summed E-state index contributed by atoms with van der Waals surface area (Å²) in [7, 11) is 0. The number of fused-ring (bicyclic) bond motifs is 1. The number of carbonyl (C=O) groups is 1. The minimum atomic E-state index is -0.703. The molecule has 0 amide bonds. The van der Waals surface area contributed by atoms with E-state index in [4.69, 9.17) is 0 Å². The fraction of sp³-hybridized carbons (Fsp3) is 0.417. The maximum absolute atomic E-state index is 11.2. The predicted molar refractivity (Wildman–Crippen MR) is 54.5 cm³/mol. The lowest BCUT2D eigenvalue weighted by Gasteiger charge is -2.21. The van der Waals surface area contributed by atoms with E-state index in [9.17, 15) is 9.90 Å². The summed E-state index contributed by atoms with van der Waals surface area (Å²) in [4.78, 5) is 11.2. The van der Waals surface area contributed by atoms with E-state index in [1.54, 1.807) is 0 Å². The monoisotopic (exact) mass is 190 g/mol. The van der Waals surface area contributed by atoms with Crippen molar-refractivity contribution >= 4 is 5.97 Å². The Hall–Kier alpha value is -1.31. The molecule has 0 saturated carbocycles. The van der Waals surface area contributed by atoms with Gasteiger partial charge in [-0.25, -0.2) is 0 Å². The van der Waals surface area contributed by atoms with Crippen LogP contribution in [0.1, 0.15) is 30.0 Å². The zero-order valence-electron chi connectivity index (χ0n) is 8.50. The average molecular weight is 190 g/mol. The maximum Gasteiger partial charge on any atom is 0.313 e. The van der Waals surface area contributed by atoms with Gasteiger partial charge in [0.05, 0.1) is 5.41 Å². The van der Waals surface area contributed by atoms with Crippen molar-refractivity contribution in [3.05, 3.63) is 34.9 Å². The van der Waals surface area contributed by atoms with Crippen LogP contribution in [0.3, 0.4) is 0 Å². The Morgan fingerprint density at radius 3 is 2.86 bits per heavy atom. The highest BCUT2D eigenvalue weighted by atomic mass is 16.4. The zero-order valence-corrected chi connectivity index (χ0v) is 8.50. The molecule has 1 aromatic carbocycles. The molecule has 1 aliphatic rings. The molecule has 0 aliphatic heterocycles. The number of rotatable bonds is 1. The molecular formula is C12H14O2. The molecular weight excluding hydrogens is 176 g/mol. The number of aliphatic carboxylic acids is 1. The molecule has 1 unspecified atom stereocenters. The highest BCUT2D eigenvalue weighted by Crippen LogP contribution is 2.40. The van der Waals surface area contributed by atoms with Crippen LogP contribution in [0.25, 0.3) is 0 Å². The van der Waals surface area contributed by atoms with E-state index in [0.29, 0.717) is 0 Å². The summed E-state index contributed by atoms with van der Waals surface area (Å²) >= 11 is 0. The second kappa shape index (κ2) is 2.84. The lowest BCUT2D eigenvalue weighted by atomic mass is 9.82. The lowest BCUT2D eigenvalue weighted by Crippen LogP contribution is -2.30. The first-order chi connectivity index (χ1) is 6.55. The highest BCUT2D eigenvalue weighted by molar-refractivity contribution is 5.83. The molecule has 2 rings (SSSR count). The van der Waals surface area contributed by atoms with Crippen LogP contribution in [-0.4, -0.2) is 11.1 Å². The first-order valence-corrected chi connectivity index (χ1v) is 4.88. The van der Waals surface area contributed by atoms with Crippen molar-refractivity contribution in [2.24, 2.45) is 0 Å². The predicted octanol–water partition coefficient (Wildman–Crippen LogP) is 2.28. The van der Waals surface area contributed by atoms with Crippen LogP contribution in [0.4, 0.5) is 0 Å². The summed E-state index contributed by atoms with van der Waals surface area (Å²) in [5.41, 5.74) is 2.67. The van der Waals surface area contributed by atoms with Gasteiger partial charge in [0.25, 0.3) is 0 Å². The van der Waals surface area contributed by atoms with Crippen LogP contribution in [0, 0.1) is 6.92 Å². The van der Waals surface area contributed by atoms with Crippen LogP contribution >= 0.6 is 0 Å². The minimum absolute atomic E-state index is 0.666. The van der Waals surface area contributed by atoms with Crippen LogP contribution in [0.5, 0.6) is 0 Å². The van der Waals surface area contributed by atoms with Crippen LogP contribution in [0.15, 0.2) is 18.2 Å². The summed E-state index contributed by atoms with van der Waals surface area (Å²) in [6, 6.07) is 6.03. The van der Waals surface area contributed by atoms with E-state index in [0.717, 1.165) is 24.0 Å². The van der Waals surface area contributed by atoms with Crippen molar-refractivity contribution in [3.63, 3.8) is 0 Å². The third-order valence-corrected chi connectivity index (χ3v) is 3.28. The van der Waals surface area contributed by atoms with Gasteiger partial charge in [-0.2, -0.15) is 0 Å². The Kier molecular flexibility index (Phi) is 1.88. The van der Waals surface area contributed by atoms with Gasteiger partial charge in [-0.3, -0.25) is 4.79 Å². The molecule has 0 aromatic heterocycles. The van der Waals surface area contributed by atoms with Gasteiger partial charge >= 0.3 is 5.97 Å². The van der Waals surface area contributed by atoms with Crippen LogP contribution in [-0.2, 0) is 16.6 Å². The summed E-state index contributed by atoms with van der Waals surface area (Å²) in [6.45, 7) is 3.82. The summed E-state index contributed by atoms with van der Waals surface area (Å²) in [6.07, 6.45) is 1.61. The van der Waals surface area contributed by atoms with E-state index in [2.05, 4.69) is 0 Å². The summed E-state index contributed by atoms with van der Waals surface area (Å²) < 4.78 is 0. The molecule has 14 heavy (non-hydrogen) atoms. The van der Waals surface area contributed by atoms with E-state index in [1.165, 1.54) is 5.56 Å². The molecule has 0 heterocycles. The van der Waals surface area contributed by atoms with E-state index in [-0.39, 0.29) is 0 Å². The first kappa shape index (κ1) is 9.25. The second-order valence-electron chi connectivity index (χ2n) is 4.25. The van der Waals surface area contributed by atoms with Crippen molar-refractivity contribution in [3.8, 4) is 0 Å². The molecule has 0 spiro atoms. The quantitative estimate of drug-likeness (QED) is 0.737. The fourth-order valence-corrected chi connectivity index (χ4v) is 2.45. The first-order valence-electron chi connectivity index (χ1n) is 4.88. The van der Waals surface area contributed by atoms with Gasteiger partial charge in [-0.1, -0.05) is 18.2 Å². The van der Waals surface area contributed by atoms with Crippen molar-refractivity contribution in [1.82, 2.24) is 0 Å². The minimum Gasteiger partial charge on any atom is -0.481 e. The normalized spacial score (nSPS) is 24.7. The molecule has 0 saturated heterocycles. The molecule has 1 aromatic rings. The molecule has 0 bridgehead atoms. The van der Waals surface area contributed by atoms with Gasteiger partial charge in [0, 0.05) is 0 Å². The fourth-order valence-electron chi connectivity index (χ4n) is 2.45. The lowest BCUT2D eigenvalue weighted by molar-refractivity contribution is -0.143. The van der Waals surface area contributed by atoms with Crippen molar-refractivity contribution < 1.29 is 9.90 Å². The molecule has 0 fully saturated rings. The molecule has 2 heteroatoms. The van der Waals surface area contributed by atoms with Crippen molar-refractivity contribution in [2.75, 3.05) is 0 Å². The number of hydrogen-bond donors (Lipinski definition) is 1. The van der Waals surface area contributed by atoms with E-state index >= 15 is 0 Å².